The lowest BCUT2D eigenvalue weighted by Gasteiger charge is -2.12. The summed E-state index contributed by atoms with van der Waals surface area (Å²) in [6.07, 6.45) is -1.47. The maximum Gasteiger partial charge on any atom is 0.415 e. The van der Waals surface area contributed by atoms with E-state index in [1.165, 1.54) is 0 Å². The Kier molecular flexibility index (Phi) is 2.19. The summed E-state index contributed by atoms with van der Waals surface area (Å²) in [4.78, 5) is 22.3. The molecule has 1 atom stereocenters. The lowest BCUT2D eigenvalue weighted by molar-refractivity contribution is -0.123. The predicted octanol–water partition coefficient (Wildman–Crippen LogP) is 1.61. The average molecular weight is 205 g/mol. The number of cyclic esters (lactones) is 1. The fourth-order valence-corrected chi connectivity index (χ4v) is 1.79. The molecule has 1 aliphatic heterocycles. The number of carbonyl (C=O) groups is 2. The van der Waals surface area contributed by atoms with Gasteiger partial charge in [-0.25, -0.2) is 4.79 Å². The number of hydrogen-bond donors (Lipinski definition) is 1. The molecule has 1 fully saturated rings. The Morgan fingerprint density at radius 2 is 1.80 bits per heavy atom. The van der Waals surface area contributed by atoms with Gasteiger partial charge in [0.25, 0.3) is 5.91 Å². The second-order valence-corrected chi connectivity index (χ2v) is 3.58. The highest BCUT2D eigenvalue weighted by Gasteiger charge is 2.35. The molecule has 1 heterocycles. The molecular weight excluding hydrogens is 194 g/mol. The van der Waals surface area contributed by atoms with Gasteiger partial charge in [0.1, 0.15) is 0 Å². The first kappa shape index (κ1) is 9.71. The number of rotatable bonds is 1. The molecule has 1 aliphatic rings. The molecule has 4 heteroatoms. The Morgan fingerprint density at radius 3 is 2.27 bits per heavy atom. The minimum absolute atomic E-state index is 0.391. The summed E-state index contributed by atoms with van der Waals surface area (Å²) < 4.78 is 4.92. The standard InChI is InChI=1S/C11H11NO3/c1-6-4-3-5-7(2)8(6)9-10(13)12-11(14)15-9/h3-5,9H,1-2H3,(H,12,13,14). The lowest BCUT2D eigenvalue weighted by atomic mass is 9.98. The number of hydrogen-bond acceptors (Lipinski definition) is 3. The molecule has 1 unspecified atom stereocenters. The number of aryl methyl sites for hydroxylation is 2. The van der Waals surface area contributed by atoms with Gasteiger partial charge in [0.2, 0.25) is 6.10 Å². The number of imide groups is 1. The molecule has 0 radical (unpaired) electrons. The quantitative estimate of drug-likeness (QED) is 0.757. The first-order valence-electron chi connectivity index (χ1n) is 4.67. The molecular formula is C11H11NO3. The Labute approximate surface area is 87.2 Å². The van der Waals surface area contributed by atoms with Crippen LogP contribution in [0.1, 0.15) is 22.8 Å². The van der Waals surface area contributed by atoms with Gasteiger partial charge < -0.3 is 4.74 Å². The summed E-state index contributed by atoms with van der Waals surface area (Å²) in [5, 5.41) is 2.12. The fourth-order valence-electron chi connectivity index (χ4n) is 1.79. The van der Waals surface area contributed by atoms with Crippen LogP contribution in [0.4, 0.5) is 4.79 Å². The molecule has 1 aromatic rings. The third kappa shape index (κ3) is 1.58. The van der Waals surface area contributed by atoms with Crippen molar-refractivity contribution in [1.29, 1.82) is 0 Å². The second kappa shape index (κ2) is 3.38. The van der Waals surface area contributed by atoms with Crippen molar-refractivity contribution in [2.75, 3.05) is 0 Å². The zero-order valence-electron chi connectivity index (χ0n) is 8.53. The molecule has 4 nitrogen and oxygen atoms in total. The molecule has 1 saturated heterocycles. The summed E-state index contributed by atoms with van der Waals surface area (Å²) in [5.41, 5.74) is 2.68. The minimum atomic E-state index is -0.793. The molecule has 0 aliphatic carbocycles. The molecule has 0 aromatic heterocycles. The number of ether oxygens (including phenoxy) is 1. The topological polar surface area (TPSA) is 55.4 Å². The van der Waals surface area contributed by atoms with Gasteiger partial charge in [-0.3, -0.25) is 10.1 Å². The van der Waals surface area contributed by atoms with Crippen molar-refractivity contribution in [3.8, 4) is 0 Å². The predicted molar refractivity (Wildman–Crippen MR) is 53.3 cm³/mol. The smallest absolute Gasteiger partial charge is 0.415 e. The van der Waals surface area contributed by atoms with Crippen LogP contribution in [0.15, 0.2) is 18.2 Å². The van der Waals surface area contributed by atoms with E-state index in [1.807, 2.05) is 32.0 Å². The van der Waals surface area contributed by atoms with Crippen LogP contribution < -0.4 is 5.32 Å². The van der Waals surface area contributed by atoms with E-state index in [2.05, 4.69) is 5.32 Å². The van der Waals surface area contributed by atoms with Crippen LogP contribution >= 0.6 is 0 Å². The van der Waals surface area contributed by atoms with Crippen molar-refractivity contribution >= 4 is 12.0 Å². The number of amides is 2. The van der Waals surface area contributed by atoms with Crippen molar-refractivity contribution in [2.45, 2.75) is 20.0 Å². The van der Waals surface area contributed by atoms with Crippen LogP contribution in [0, 0.1) is 13.8 Å². The van der Waals surface area contributed by atoms with Crippen LogP contribution in [0.3, 0.4) is 0 Å². The zero-order valence-corrected chi connectivity index (χ0v) is 8.53. The molecule has 78 valence electrons. The van der Waals surface area contributed by atoms with E-state index in [0.717, 1.165) is 16.7 Å². The van der Waals surface area contributed by atoms with Crippen molar-refractivity contribution in [3.63, 3.8) is 0 Å². The maximum atomic E-state index is 11.4. The third-order valence-electron chi connectivity index (χ3n) is 2.49. The van der Waals surface area contributed by atoms with E-state index in [-0.39, 0.29) is 0 Å². The second-order valence-electron chi connectivity index (χ2n) is 3.58. The minimum Gasteiger partial charge on any atom is -0.431 e. The van der Waals surface area contributed by atoms with Gasteiger partial charge in [0, 0.05) is 5.56 Å². The molecule has 1 N–H and O–H groups in total. The maximum absolute atomic E-state index is 11.4. The number of carbonyl (C=O) groups excluding carboxylic acids is 2. The average Bonchev–Trinajstić information content (AvgIpc) is 2.45. The van der Waals surface area contributed by atoms with Crippen molar-refractivity contribution < 1.29 is 14.3 Å². The van der Waals surface area contributed by atoms with E-state index >= 15 is 0 Å². The molecule has 0 spiro atoms. The van der Waals surface area contributed by atoms with Crippen LogP contribution in [0.2, 0.25) is 0 Å². The van der Waals surface area contributed by atoms with Crippen LogP contribution in [0.25, 0.3) is 0 Å². The molecule has 2 amide bonds. The van der Waals surface area contributed by atoms with Gasteiger partial charge in [0.15, 0.2) is 0 Å². The van der Waals surface area contributed by atoms with Crippen molar-refractivity contribution in [1.82, 2.24) is 5.32 Å². The number of alkyl carbamates (subject to hydrolysis) is 1. The van der Waals surface area contributed by atoms with Crippen LogP contribution in [-0.4, -0.2) is 12.0 Å². The van der Waals surface area contributed by atoms with Gasteiger partial charge in [-0.05, 0) is 25.0 Å². The van der Waals surface area contributed by atoms with Gasteiger partial charge in [-0.15, -0.1) is 0 Å². The molecule has 0 bridgehead atoms. The first-order valence-corrected chi connectivity index (χ1v) is 4.67. The van der Waals surface area contributed by atoms with Gasteiger partial charge in [-0.2, -0.15) is 0 Å². The summed E-state index contributed by atoms with van der Waals surface area (Å²) in [6.45, 7) is 3.78. The van der Waals surface area contributed by atoms with E-state index in [0.29, 0.717) is 0 Å². The Bertz CT molecular complexity index is 419. The van der Waals surface area contributed by atoms with Crippen LogP contribution in [-0.2, 0) is 9.53 Å². The summed E-state index contributed by atoms with van der Waals surface area (Å²) in [7, 11) is 0. The zero-order chi connectivity index (χ0) is 11.0. The van der Waals surface area contributed by atoms with E-state index in [1.54, 1.807) is 0 Å². The highest BCUT2D eigenvalue weighted by atomic mass is 16.6. The van der Waals surface area contributed by atoms with Crippen LogP contribution in [0.5, 0.6) is 0 Å². The summed E-state index contributed by atoms with van der Waals surface area (Å²) in [6, 6.07) is 5.69. The Balaban J connectivity index is 2.46. The SMILES string of the molecule is Cc1cccc(C)c1C1OC(=O)NC1=O. The molecule has 1 aromatic carbocycles. The highest BCUT2D eigenvalue weighted by molar-refractivity contribution is 6.00. The third-order valence-corrected chi connectivity index (χ3v) is 2.49. The van der Waals surface area contributed by atoms with E-state index in [4.69, 9.17) is 4.74 Å². The van der Waals surface area contributed by atoms with E-state index in [9.17, 15) is 9.59 Å². The molecule has 2 rings (SSSR count). The fraction of sp³-hybridized carbons (Fsp3) is 0.273. The largest absolute Gasteiger partial charge is 0.431 e. The Hall–Kier alpha value is -1.84. The normalized spacial score (nSPS) is 20.0. The Morgan fingerprint density at radius 1 is 1.20 bits per heavy atom. The molecule has 0 saturated carbocycles. The first-order chi connectivity index (χ1) is 7.09. The highest BCUT2D eigenvalue weighted by Crippen LogP contribution is 2.27. The van der Waals surface area contributed by atoms with Crippen molar-refractivity contribution in [2.24, 2.45) is 0 Å². The lowest BCUT2D eigenvalue weighted by Crippen LogP contribution is -2.21. The number of nitrogens with one attached hydrogen (secondary N) is 1. The van der Waals surface area contributed by atoms with Crippen molar-refractivity contribution in [3.05, 3.63) is 34.9 Å². The van der Waals surface area contributed by atoms with E-state index < -0.39 is 18.1 Å². The van der Waals surface area contributed by atoms with Gasteiger partial charge in [0.05, 0.1) is 0 Å². The van der Waals surface area contributed by atoms with Gasteiger partial charge >= 0.3 is 6.09 Å². The van der Waals surface area contributed by atoms with Gasteiger partial charge in [-0.1, -0.05) is 18.2 Å². The monoisotopic (exact) mass is 205 g/mol. The number of benzene rings is 1. The summed E-state index contributed by atoms with van der Waals surface area (Å²) in [5.74, 6) is -0.391. The summed E-state index contributed by atoms with van der Waals surface area (Å²) >= 11 is 0. The molecule has 15 heavy (non-hydrogen) atoms.